The Morgan fingerprint density at radius 3 is 2.45 bits per heavy atom. The van der Waals surface area contributed by atoms with Gasteiger partial charge >= 0.3 is 10.1 Å². The van der Waals surface area contributed by atoms with Crippen LogP contribution in [-0.4, -0.2) is 19.6 Å². The lowest BCUT2D eigenvalue weighted by atomic mass is 10.2. The lowest BCUT2D eigenvalue weighted by Crippen LogP contribution is -2.09. The third-order valence-electron chi connectivity index (χ3n) is 3.86. The molecule has 0 amide bonds. The van der Waals surface area contributed by atoms with E-state index in [9.17, 15) is 12.8 Å². The van der Waals surface area contributed by atoms with Crippen molar-refractivity contribution in [1.29, 1.82) is 0 Å². The number of fused-ring (bicyclic) bond motifs is 1. The predicted molar refractivity (Wildman–Crippen MR) is 111 cm³/mol. The number of benzene rings is 3. The van der Waals surface area contributed by atoms with Gasteiger partial charge < -0.3 is 4.18 Å². The fraction of sp³-hybridized carbons (Fsp3) is 0. The first-order valence-corrected chi connectivity index (χ1v) is 10.7. The van der Waals surface area contributed by atoms with Crippen molar-refractivity contribution < 1.29 is 17.0 Å². The number of hydrogen-bond acceptors (Lipinski definition) is 7. The maximum Gasteiger partial charge on any atom is 0.339 e. The lowest BCUT2D eigenvalue weighted by Gasteiger charge is -2.07. The largest absolute Gasteiger partial charge is 0.379 e. The molecule has 1 heterocycles. The number of hydrazone groups is 1. The van der Waals surface area contributed by atoms with Gasteiger partial charge in [-0.05, 0) is 66.2 Å². The zero-order valence-corrected chi connectivity index (χ0v) is 16.5. The molecule has 0 spiro atoms. The molecule has 1 N–H and O–H groups in total. The molecular formula is C20H14FN3O3S2. The second kappa shape index (κ2) is 7.98. The monoisotopic (exact) mass is 427 g/mol. The highest BCUT2D eigenvalue weighted by molar-refractivity contribution is 7.87. The van der Waals surface area contributed by atoms with Gasteiger partial charge in [0, 0.05) is 0 Å². The van der Waals surface area contributed by atoms with Gasteiger partial charge in [-0.2, -0.15) is 13.5 Å². The lowest BCUT2D eigenvalue weighted by molar-refractivity contribution is 0.486. The van der Waals surface area contributed by atoms with Gasteiger partial charge in [-0.15, -0.1) is 0 Å². The zero-order chi connectivity index (χ0) is 20.3. The molecule has 1 aromatic heterocycles. The van der Waals surface area contributed by atoms with E-state index in [1.54, 1.807) is 18.3 Å². The molecule has 146 valence electrons. The van der Waals surface area contributed by atoms with E-state index in [0.717, 1.165) is 40.0 Å². The Bertz CT molecular complexity index is 1240. The van der Waals surface area contributed by atoms with Gasteiger partial charge in [0.05, 0.1) is 16.4 Å². The molecule has 4 aromatic rings. The minimum absolute atomic E-state index is 0.121. The summed E-state index contributed by atoms with van der Waals surface area (Å²) in [4.78, 5) is 4.30. The first kappa shape index (κ1) is 19.0. The normalized spacial score (nSPS) is 11.8. The number of halogens is 1. The molecule has 0 aliphatic carbocycles. The van der Waals surface area contributed by atoms with E-state index in [-0.39, 0.29) is 10.6 Å². The summed E-state index contributed by atoms with van der Waals surface area (Å²) < 4.78 is 43.5. The van der Waals surface area contributed by atoms with E-state index in [4.69, 9.17) is 4.18 Å². The second-order valence-electron chi connectivity index (χ2n) is 5.92. The maximum absolute atomic E-state index is 13.0. The van der Waals surface area contributed by atoms with E-state index in [2.05, 4.69) is 15.5 Å². The van der Waals surface area contributed by atoms with Crippen LogP contribution in [0.25, 0.3) is 10.2 Å². The molecule has 29 heavy (non-hydrogen) atoms. The van der Waals surface area contributed by atoms with Crippen LogP contribution >= 0.6 is 11.3 Å². The maximum atomic E-state index is 13.0. The third-order valence-corrected chi connectivity index (χ3v) is 6.06. The topological polar surface area (TPSA) is 80.7 Å². The fourth-order valence-corrected chi connectivity index (χ4v) is 4.21. The Morgan fingerprint density at radius 2 is 1.72 bits per heavy atom. The summed E-state index contributed by atoms with van der Waals surface area (Å²) in [7, 11) is -4.03. The van der Waals surface area contributed by atoms with E-state index in [0.29, 0.717) is 5.13 Å². The van der Waals surface area contributed by atoms with Crippen molar-refractivity contribution in [3.63, 3.8) is 0 Å². The Labute approximate surface area is 170 Å². The smallest absolute Gasteiger partial charge is 0.339 e. The molecule has 0 saturated heterocycles. The first-order chi connectivity index (χ1) is 14.0. The van der Waals surface area contributed by atoms with Crippen molar-refractivity contribution >= 4 is 43.0 Å². The summed E-state index contributed by atoms with van der Waals surface area (Å²) >= 11 is 1.49. The summed E-state index contributed by atoms with van der Waals surface area (Å²) in [6, 6.07) is 18.6. The van der Waals surface area contributed by atoms with Crippen LogP contribution in [-0.2, 0) is 10.1 Å². The number of thiazole rings is 1. The molecule has 6 nitrogen and oxygen atoms in total. The van der Waals surface area contributed by atoms with E-state index < -0.39 is 15.9 Å². The Morgan fingerprint density at radius 1 is 1.00 bits per heavy atom. The van der Waals surface area contributed by atoms with E-state index in [1.165, 1.54) is 23.5 Å². The van der Waals surface area contributed by atoms with Crippen molar-refractivity contribution in [1.82, 2.24) is 4.98 Å². The molecule has 0 atom stereocenters. The number of nitrogens with one attached hydrogen (secondary N) is 1. The van der Waals surface area contributed by atoms with Crippen molar-refractivity contribution in [2.24, 2.45) is 5.10 Å². The Hall–Kier alpha value is -3.30. The summed E-state index contributed by atoms with van der Waals surface area (Å²) in [5, 5.41) is 4.82. The van der Waals surface area contributed by atoms with Crippen LogP contribution in [0.15, 0.2) is 82.8 Å². The minimum Gasteiger partial charge on any atom is -0.379 e. The van der Waals surface area contributed by atoms with Gasteiger partial charge in [-0.25, -0.2) is 9.37 Å². The summed E-state index contributed by atoms with van der Waals surface area (Å²) in [6.07, 6.45) is 1.59. The van der Waals surface area contributed by atoms with Gasteiger partial charge in [-0.1, -0.05) is 23.5 Å². The SMILES string of the molecule is O=S(=O)(Oc1ccc(/C=N\Nc2nc3ccccc3s2)cc1)c1ccc(F)cc1. The fourth-order valence-electron chi connectivity index (χ4n) is 2.47. The minimum atomic E-state index is -4.03. The number of aromatic nitrogens is 1. The average Bonchev–Trinajstić information content (AvgIpc) is 3.12. The predicted octanol–water partition coefficient (Wildman–Crippen LogP) is 4.65. The molecular weight excluding hydrogens is 413 g/mol. The third kappa shape index (κ3) is 4.58. The van der Waals surface area contributed by atoms with Crippen LogP contribution in [0.3, 0.4) is 0 Å². The molecule has 0 aliphatic rings. The summed E-state index contributed by atoms with van der Waals surface area (Å²) in [5.41, 5.74) is 4.52. The Kier molecular flexibility index (Phi) is 5.24. The van der Waals surface area contributed by atoms with Crippen molar-refractivity contribution in [2.75, 3.05) is 5.43 Å². The number of hydrogen-bond donors (Lipinski definition) is 1. The molecule has 0 radical (unpaired) electrons. The van der Waals surface area contributed by atoms with Crippen LogP contribution in [0.2, 0.25) is 0 Å². The molecule has 0 unspecified atom stereocenters. The standard InChI is InChI=1S/C20H14FN3O3S2/c21-15-7-11-17(12-8-15)29(25,26)27-16-9-5-14(6-10-16)13-22-24-20-23-18-3-1-2-4-19(18)28-20/h1-13H,(H,23,24)/b22-13-. The highest BCUT2D eigenvalue weighted by atomic mass is 32.2. The van der Waals surface area contributed by atoms with Crippen LogP contribution in [0.4, 0.5) is 9.52 Å². The average molecular weight is 427 g/mol. The first-order valence-electron chi connectivity index (χ1n) is 8.44. The van der Waals surface area contributed by atoms with E-state index in [1.807, 2.05) is 24.3 Å². The number of rotatable bonds is 6. The zero-order valence-electron chi connectivity index (χ0n) is 14.8. The molecule has 9 heteroatoms. The quantitative estimate of drug-likeness (QED) is 0.275. The van der Waals surface area contributed by atoms with Gasteiger partial charge in [-0.3, -0.25) is 5.43 Å². The van der Waals surface area contributed by atoms with Gasteiger partial charge in [0.25, 0.3) is 0 Å². The van der Waals surface area contributed by atoms with Crippen molar-refractivity contribution in [2.45, 2.75) is 4.90 Å². The van der Waals surface area contributed by atoms with Gasteiger partial charge in [0.15, 0.2) is 0 Å². The molecule has 4 rings (SSSR count). The molecule has 3 aromatic carbocycles. The number of nitrogens with zero attached hydrogens (tertiary/aromatic N) is 2. The van der Waals surface area contributed by atoms with Gasteiger partial charge in [0.1, 0.15) is 16.5 Å². The second-order valence-corrected chi connectivity index (χ2v) is 8.49. The van der Waals surface area contributed by atoms with Crippen molar-refractivity contribution in [3.05, 3.63) is 84.2 Å². The summed E-state index contributed by atoms with van der Waals surface area (Å²) in [5.74, 6) is -0.377. The number of para-hydroxylation sites is 1. The molecule has 0 aliphatic heterocycles. The van der Waals surface area contributed by atoms with Crippen LogP contribution < -0.4 is 9.61 Å². The van der Waals surface area contributed by atoms with Crippen molar-refractivity contribution in [3.8, 4) is 5.75 Å². The van der Waals surface area contributed by atoms with Gasteiger partial charge in [0.2, 0.25) is 5.13 Å². The van der Waals surface area contributed by atoms with Crippen LogP contribution in [0, 0.1) is 5.82 Å². The molecule has 0 fully saturated rings. The molecule has 0 saturated carbocycles. The van der Waals surface area contributed by atoms with E-state index >= 15 is 0 Å². The number of anilines is 1. The van der Waals surface area contributed by atoms with Crippen LogP contribution in [0.5, 0.6) is 5.75 Å². The highest BCUT2D eigenvalue weighted by Gasteiger charge is 2.16. The Balaban J connectivity index is 1.40. The van der Waals surface area contributed by atoms with Crippen LogP contribution in [0.1, 0.15) is 5.56 Å². The molecule has 0 bridgehead atoms. The summed E-state index contributed by atoms with van der Waals surface area (Å²) in [6.45, 7) is 0. The highest BCUT2D eigenvalue weighted by Crippen LogP contribution is 2.25.